The van der Waals surface area contributed by atoms with Crippen molar-refractivity contribution in [1.82, 2.24) is 20.7 Å². The van der Waals surface area contributed by atoms with Crippen LogP contribution in [0.5, 0.6) is 5.75 Å². The Morgan fingerprint density at radius 3 is 2.52 bits per heavy atom. The highest BCUT2D eigenvalue weighted by Gasteiger charge is 2.16. The molecule has 0 bridgehead atoms. The minimum atomic E-state index is -0.334. The molecular weight excluding hydrogens is 342 g/mol. The minimum absolute atomic E-state index is 0.185. The number of anilines is 2. The molecule has 0 saturated carbocycles. The molecule has 1 aromatic heterocycles. The first-order valence-electron chi connectivity index (χ1n) is 7.50. The lowest BCUT2D eigenvalue weighted by molar-refractivity contribution is 0.0946. The topological polar surface area (TPSA) is 91.9 Å². The quantitative estimate of drug-likeness (QED) is 0.630. The molecule has 8 heteroatoms. The number of aromatic nitrogens is 3. The van der Waals surface area contributed by atoms with Crippen LogP contribution >= 0.6 is 11.6 Å². The van der Waals surface area contributed by atoms with Gasteiger partial charge in [-0.05, 0) is 42.0 Å². The highest BCUT2D eigenvalue weighted by molar-refractivity contribution is 6.30. The molecule has 1 heterocycles. The van der Waals surface area contributed by atoms with Crippen molar-refractivity contribution in [3.8, 4) is 5.75 Å². The molecule has 0 spiro atoms. The second-order valence-electron chi connectivity index (χ2n) is 5.18. The Kier molecular flexibility index (Phi) is 5.15. The predicted octanol–water partition coefficient (Wildman–Crippen LogP) is 3.14. The Hall–Kier alpha value is -3.06. The summed E-state index contributed by atoms with van der Waals surface area (Å²) < 4.78 is 5.11. The summed E-state index contributed by atoms with van der Waals surface area (Å²) in [5.74, 6) is 0.755. The summed E-state index contributed by atoms with van der Waals surface area (Å²) in [6, 6.07) is 14.5. The average Bonchev–Trinajstić information content (AvgIpc) is 3.10. The van der Waals surface area contributed by atoms with Gasteiger partial charge in [-0.2, -0.15) is 5.21 Å². The van der Waals surface area contributed by atoms with Crippen molar-refractivity contribution in [2.45, 2.75) is 6.54 Å². The smallest absolute Gasteiger partial charge is 0.275 e. The number of carbonyl (C=O) groups is 1. The zero-order chi connectivity index (χ0) is 17.6. The van der Waals surface area contributed by atoms with Gasteiger partial charge in [-0.1, -0.05) is 23.7 Å². The van der Waals surface area contributed by atoms with E-state index in [0.29, 0.717) is 17.4 Å². The number of nitrogens with zero attached hydrogens (tertiary/aromatic N) is 2. The molecule has 0 saturated heterocycles. The van der Waals surface area contributed by atoms with E-state index >= 15 is 0 Å². The monoisotopic (exact) mass is 357 g/mol. The summed E-state index contributed by atoms with van der Waals surface area (Å²) in [5.41, 5.74) is 1.89. The lowest BCUT2D eigenvalue weighted by atomic mass is 10.2. The van der Waals surface area contributed by atoms with Gasteiger partial charge in [0.25, 0.3) is 5.91 Å². The third-order valence-corrected chi connectivity index (χ3v) is 3.73. The molecule has 3 N–H and O–H groups in total. The zero-order valence-corrected chi connectivity index (χ0v) is 14.2. The summed E-state index contributed by atoms with van der Waals surface area (Å²) >= 11 is 5.85. The van der Waals surface area contributed by atoms with Crippen molar-refractivity contribution in [2.75, 3.05) is 12.4 Å². The molecule has 0 atom stereocenters. The minimum Gasteiger partial charge on any atom is -0.497 e. The van der Waals surface area contributed by atoms with Gasteiger partial charge in [0.2, 0.25) is 0 Å². The fourth-order valence-corrected chi connectivity index (χ4v) is 2.28. The van der Waals surface area contributed by atoms with E-state index in [9.17, 15) is 4.79 Å². The molecule has 25 heavy (non-hydrogen) atoms. The van der Waals surface area contributed by atoms with Crippen LogP contribution in [0.15, 0.2) is 48.5 Å². The number of carbonyl (C=O) groups excluding carboxylic acids is 1. The molecular formula is C17H16ClN5O2. The number of ether oxygens (including phenoxy) is 1. The van der Waals surface area contributed by atoms with Crippen LogP contribution in [-0.2, 0) is 6.54 Å². The molecule has 3 rings (SSSR count). The standard InChI is InChI=1S/C17H16ClN5O2/c1-25-14-8-6-13(7-9-14)20-16-15(21-23-22-16)17(24)19-10-11-2-4-12(18)5-3-11/h2-9H,10H2,1H3,(H,19,24)(H2,20,21,22,23). The number of nitrogens with one attached hydrogen (secondary N) is 3. The van der Waals surface area contributed by atoms with E-state index in [1.807, 2.05) is 36.4 Å². The van der Waals surface area contributed by atoms with E-state index in [-0.39, 0.29) is 11.6 Å². The van der Waals surface area contributed by atoms with E-state index in [0.717, 1.165) is 17.0 Å². The average molecular weight is 358 g/mol. The van der Waals surface area contributed by atoms with E-state index in [1.54, 1.807) is 19.2 Å². The van der Waals surface area contributed by atoms with E-state index in [1.165, 1.54) is 0 Å². The fraction of sp³-hybridized carbons (Fsp3) is 0.118. The van der Waals surface area contributed by atoms with Crippen molar-refractivity contribution in [2.24, 2.45) is 0 Å². The Morgan fingerprint density at radius 1 is 1.12 bits per heavy atom. The van der Waals surface area contributed by atoms with Crippen LogP contribution in [0.4, 0.5) is 11.5 Å². The highest BCUT2D eigenvalue weighted by atomic mass is 35.5. The summed E-state index contributed by atoms with van der Waals surface area (Å²) in [4.78, 5) is 12.3. The highest BCUT2D eigenvalue weighted by Crippen LogP contribution is 2.20. The maximum atomic E-state index is 12.3. The van der Waals surface area contributed by atoms with Gasteiger partial charge in [0.1, 0.15) is 5.75 Å². The predicted molar refractivity (Wildman–Crippen MR) is 95.3 cm³/mol. The lowest BCUT2D eigenvalue weighted by Gasteiger charge is -2.07. The normalized spacial score (nSPS) is 10.3. The molecule has 7 nitrogen and oxygen atoms in total. The van der Waals surface area contributed by atoms with Crippen molar-refractivity contribution in [1.29, 1.82) is 0 Å². The van der Waals surface area contributed by atoms with Gasteiger partial charge in [0.05, 0.1) is 7.11 Å². The molecule has 0 aliphatic carbocycles. The maximum Gasteiger partial charge on any atom is 0.275 e. The Labute approximate surface area is 149 Å². The molecule has 0 unspecified atom stereocenters. The molecule has 3 aromatic rings. The lowest BCUT2D eigenvalue weighted by Crippen LogP contribution is -2.24. The second kappa shape index (κ2) is 7.67. The van der Waals surface area contributed by atoms with Crippen LogP contribution < -0.4 is 15.4 Å². The van der Waals surface area contributed by atoms with Gasteiger partial charge in [-0.3, -0.25) is 4.79 Å². The van der Waals surface area contributed by atoms with Gasteiger partial charge in [-0.25, -0.2) is 0 Å². The van der Waals surface area contributed by atoms with Crippen molar-refractivity contribution in [3.05, 3.63) is 64.8 Å². The van der Waals surface area contributed by atoms with E-state index < -0.39 is 0 Å². The number of H-pyrrole nitrogens is 1. The largest absolute Gasteiger partial charge is 0.497 e. The first-order chi connectivity index (χ1) is 12.2. The second-order valence-corrected chi connectivity index (χ2v) is 5.62. The van der Waals surface area contributed by atoms with Crippen LogP contribution in [-0.4, -0.2) is 28.4 Å². The van der Waals surface area contributed by atoms with Gasteiger partial charge in [0.15, 0.2) is 11.5 Å². The molecule has 0 fully saturated rings. The first-order valence-corrected chi connectivity index (χ1v) is 7.88. The fourth-order valence-electron chi connectivity index (χ4n) is 2.16. The third kappa shape index (κ3) is 4.27. The third-order valence-electron chi connectivity index (χ3n) is 3.48. The van der Waals surface area contributed by atoms with E-state index in [4.69, 9.17) is 16.3 Å². The zero-order valence-electron chi connectivity index (χ0n) is 13.4. The number of methoxy groups -OCH3 is 1. The molecule has 2 aromatic carbocycles. The first kappa shape index (κ1) is 16.8. The van der Waals surface area contributed by atoms with Gasteiger partial charge >= 0.3 is 0 Å². The summed E-state index contributed by atoms with van der Waals surface area (Å²) in [5, 5.41) is 16.9. The number of amides is 1. The van der Waals surface area contributed by atoms with Gasteiger partial charge in [-0.15, -0.1) is 10.2 Å². The number of hydrogen-bond donors (Lipinski definition) is 3. The molecule has 128 valence electrons. The SMILES string of the molecule is COc1ccc(Nc2n[nH]nc2C(=O)NCc2ccc(Cl)cc2)cc1. The van der Waals surface area contributed by atoms with Crippen LogP contribution in [0.3, 0.4) is 0 Å². The van der Waals surface area contributed by atoms with Gasteiger partial charge in [0, 0.05) is 17.3 Å². The molecule has 0 radical (unpaired) electrons. The number of benzene rings is 2. The van der Waals surface area contributed by atoms with Gasteiger partial charge < -0.3 is 15.4 Å². The number of halogens is 1. The summed E-state index contributed by atoms with van der Waals surface area (Å²) in [6.07, 6.45) is 0. The summed E-state index contributed by atoms with van der Waals surface area (Å²) in [6.45, 7) is 0.366. The number of aromatic amines is 1. The van der Waals surface area contributed by atoms with Crippen LogP contribution in [0.1, 0.15) is 16.1 Å². The van der Waals surface area contributed by atoms with Crippen molar-refractivity contribution >= 4 is 29.0 Å². The molecule has 0 aliphatic rings. The Bertz CT molecular complexity index is 846. The Morgan fingerprint density at radius 2 is 1.84 bits per heavy atom. The van der Waals surface area contributed by atoms with E-state index in [2.05, 4.69) is 26.0 Å². The molecule has 0 aliphatic heterocycles. The summed E-state index contributed by atoms with van der Waals surface area (Å²) in [7, 11) is 1.60. The number of hydrogen-bond acceptors (Lipinski definition) is 5. The van der Waals surface area contributed by atoms with Crippen LogP contribution in [0, 0.1) is 0 Å². The van der Waals surface area contributed by atoms with Crippen molar-refractivity contribution in [3.63, 3.8) is 0 Å². The Balaban J connectivity index is 1.65. The van der Waals surface area contributed by atoms with Crippen molar-refractivity contribution < 1.29 is 9.53 Å². The van der Waals surface area contributed by atoms with Crippen LogP contribution in [0.2, 0.25) is 5.02 Å². The molecule has 1 amide bonds. The maximum absolute atomic E-state index is 12.3. The van der Waals surface area contributed by atoms with Crippen LogP contribution in [0.25, 0.3) is 0 Å². The number of rotatable bonds is 6.